The molecule has 0 saturated carbocycles. The lowest BCUT2D eigenvalue weighted by Crippen LogP contribution is -2.60. The van der Waals surface area contributed by atoms with Gasteiger partial charge in [0.15, 0.2) is 12.4 Å². The molecule has 0 aliphatic carbocycles. The van der Waals surface area contributed by atoms with Crippen LogP contribution in [-0.4, -0.2) is 96.0 Å². The smallest absolute Gasteiger partial charge is 0.306 e. The van der Waals surface area contributed by atoms with E-state index in [1.165, 1.54) is 38.5 Å². The summed E-state index contributed by atoms with van der Waals surface area (Å²) in [5, 5.41) is 30.9. The molecular formula is C49H80O12S. The van der Waals surface area contributed by atoms with Crippen molar-refractivity contribution in [1.82, 2.24) is 0 Å². The van der Waals surface area contributed by atoms with Crippen molar-refractivity contribution in [2.45, 2.75) is 192 Å². The van der Waals surface area contributed by atoms with Crippen LogP contribution in [0.2, 0.25) is 0 Å². The number of carbonyl (C=O) groups is 2. The van der Waals surface area contributed by atoms with E-state index in [9.17, 15) is 37.9 Å². The number of ether oxygens (including phenoxy) is 4. The third-order valence-corrected chi connectivity index (χ3v) is 10.7. The third-order valence-electron chi connectivity index (χ3n) is 9.96. The van der Waals surface area contributed by atoms with Crippen LogP contribution in [0.4, 0.5) is 0 Å². The molecule has 4 N–H and O–H groups in total. The van der Waals surface area contributed by atoms with Gasteiger partial charge in [0.05, 0.1) is 6.61 Å². The van der Waals surface area contributed by atoms with Crippen molar-refractivity contribution in [1.29, 1.82) is 0 Å². The molecule has 13 heteroatoms. The van der Waals surface area contributed by atoms with Crippen molar-refractivity contribution in [2.24, 2.45) is 0 Å². The van der Waals surface area contributed by atoms with Gasteiger partial charge >= 0.3 is 11.9 Å². The molecule has 1 saturated heterocycles. The first-order valence-electron chi connectivity index (χ1n) is 23.1. The van der Waals surface area contributed by atoms with E-state index in [1.807, 2.05) is 0 Å². The van der Waals surface area contributed by atoms with Gasteiger partial charge in [0.1, 0.15) is 36.8 Å². The van der Waals surface area contributed by atoms with E-state index in [4.69, 9.17) is 18.9 Å². The highest BCUT2D eigenvalue weighted by Crippen LogP contribution is 2.24. The minimum atomic E-state index is -4.62. The lowest BCUT2D eigenvalue weighted by atomic mass is 10.00. The zero-order valence-corrected chi connectivity index (χ0v) is 38.5. The summed E-state index contributed by atoms with van der Waals surface area (Å²) in [5.74, 6) is -2.08. The summed E-state index contributed by atoms with van der Waals surface area (Å²) in [6.45, 7) is 3.57. The summed E-state index contributed by atoms with van der Waals surface area (Å²) < 4.78 is 54.0. The second-order valence-electron chi connectivity index (χ2n) is 15.7. The predicted molar refractivity (Wildman–Crippen MR) is 247 cm³/mol. The van der Waals surface area contributed by atoms with Crippen LogP contribution in [-0.2, 0) is 38.7 Å². The quantitative estimate of drug-likeness (QED) is 0.0201. The summed E-state index contributed by atoms with van der Waals surface area (Å²) >= 11 is 0. The maximum atomic E-state index is 12.8. The number of aliphatic hydroxyl groups excluding tert-OH is 3. The molecule has 0 aromatic rings. The van der Waals surface area contributed by atoms with Crippen LogP contribution in [0.5, 0.6) is 0 Å². The van der Waals surface area contributed by atoms with Gasteiger partial charge in [0, 0.05) is 12.8 Å². The number of rotatable bonds is 37. The Labute approximate surface area is 373 Å². The minimum absolute atomic E-state index is 0.114. The Kier molecular flexibility index (Phi) is 35.1. The molecule has 1 aliphatic heterocycles. The van der Waals surface area contributed by atoms with Gasteiger partial charge in [-0.05, 0) is 89.9 Å². The molecule has 6 atom stereocenters. The Hall–Kier alpha value is -3.17. The molecule has 354 valence electrons. The number of hydrogen-bond donors (Lipinski definition) is 4. The number of esters is 2. The lowest BCUT2D eigenvalue weighted by molar-refractivity contribution is -0.297. The van der Waals surface area contributed by atoms with Crippen molar-refractivity contribution < 1.29 is 56.8 Å². The predicted octanol–water partition coefficient (Wildman–Crippen LogP) is 9.67. The van der Waals surface area contributed by atoms with Gasteiger partial charge in [-0.25, -0.2) is 0 Å². The number of hydrogen-bond acceptors (Lipinski definition) is 11. The van der Waals surface area contributed by atoms with E-state index in [0.717, 1.165) is 77.0 Å². The van der Waals surface area contributed by atoms with E-state index in [1.54, 1.807) is 0 Å². The molecule has 1 rings (SSSR count). The first-order chi connectivity index (χ1) is 30.0. The van der Waals surface area contributed by atoms with Crippen LogP contribution in [0.25, 0.3) is 0 Å². The van der Waals surface area contributed by atoms with Crippen molar-refractivity contribution in [3.8, 4) is 0 Å². The molecule has 0 radical (unpaired) electrons. The fraction of sp³-hybridized carbons (Fsp3) is 0.673. The Balaban J connectivity index is 2.50. The maximum Gasteiger partial charge on any atom is 0.306 e. The van der Waals surface area contributed by atoms with Gasteiger partial charge in [-0.2, -0.15) is 8.42 Å². The van der Waals surface area contributed by atoms with Crippen LogP contribution in [0.15, 0.2) is 85.1 Å². The zero-order chi connectivity index (χ0) is 45.5. The number of carbonyl (C=O) groups excluding carboxylic acids is 2. The van der Waals surface area contributed by atoms with E-state index in [-0.39, 0.29) is 19.4 Å². The highest BCUT2D eigenvalue weighted by atomic mass is 32.2. The first-order valence-corrected chi connectivity index (χ1v) is 24.8. The zero-order valence-electron chi connectivity index (χ0n) is 37.7. The van der Waals surface area contributed by atoms with Crippen LogP contribution >= 0.6 is 0 Å². The molecule has 0 aromatic heterocycles. The van der Waals surface area contributed by atoms with Gasteiger partial charge in [-0.1, -0.05) is 137 Å². The monoisotopic (exact) mass is 893 g/mol. The minimum Gasteiger partial charge on any atom is -0.462 e. The molecule has 0 spiro atoms. The molecule has 0 aromatic carbocycles. The standard InChI is InChI=1S/C49H80O12S/c1-3-5-7-9-11-13-15-17-19-20-21-22-24-26-28-30-32-34-36-38-45(51)60-42(40-59-49-48(54)47(53)46(52)43(61-49)41-62(55,56)57)39-58-44(50)37-35-33-31-29-27-25-23-18-16-14-12-10-8-6-4-2/h5,7,11,13,17-19,21-23,26-29,42-43,46-49,52-54H,3-4,6,8-10,12,14-16,20,24-25,30-41H2,1-2H3,(H,55,56,57)/b7-5+,13-11+,19-17+,22-21+,23-18+,28-26+,29-27+/t42-,43-,46-,47?,48?,49+/m1/s1. The van der Waals surface area contributed by atoms with Crippen molar-refractivity contribution in [3.05, 3.63) is 85.1 Å². The SMILES string of the molecule is CC/C=C/C/C=C/C/C=C/C/C=C/C/C=C/CCCCCC(=O)O[C@H](COC(=O)CCCC/C=C/C/C=C/CCCCCCCC)CO[C@H]1O[C@H](CS(=O)(=O)O)[C@@H](O)C(O)C1O. The van der Waals surface area contributed by atoms with Crippen LogP contribution in [0.1, 0.15) is 155 Å². The average Bonchev–Trinajstić information content (AvgIpc) is 3.24. The average molecular weight is 893 g/mol. The fourth-order valence-corrected chi connectivity index (χ4v) is 7.07. The number of aliphatic hydroxyl groups is 3. The normalized spacial score (nSPS) is 20.6. The van der Waals surface area contributed by atoms with Gasteiger partial charge in [-0.3, -0.25) is 14.1 Å². The van der Waals surface area contributed by atoms with E-state index in [2.05, 4.69) is 98.9 Å². The topological polar surface area (TPSA) is 186 Å². The first kappa shape index (κ1) is 56.8. The molecule has 1 aliphatic rings. The molecule has 1 fully saturated rings. The maximum absolute atomic E-state index is 12.8. The number of allylic oxidation sites excluding steroid dienone is 14. The van der Waals surface area contributed by atoms with Crippen LogP contribution in [0.3, 0.4) is 0 Å². The summed E-state index contributed by atoms with van der Waals surface area (Å²) in [5.41, 5.74) is 0. The molecule has 2 unspecified atom stereocenters. The van der Waals surface area contributed by atoms with Crippen molar-refractivity contribution >= 4 is 22.1 Å². The fourth-order valence-electron chi connectivity index (χ4n) is 6.38. The molecule has 62 heavy (non-hydrogen) atoms. The largest absolute Gasteiger partial charge is 0.462 e. The molecule has 12 nitrogen and oxygen atoms in total. The highest BCUT2D eigenvalue weighted by Gasteiger charge is 2.46. The van der Waals surface area contributed by atoms with Crippen LogP contribution in [0, 0.1) is 0 Å². The highest BCUT2D eigenvalue weighted by molar-refractivity contribution is 7.85. The Morgan fingerprint density at radius 1 is 0.565 bits per heavy atom. The summed E-state index contributed by atoms with van der Waals surface area (Å²) in [6, 6.07) is 0. The molecule has 0 amide bonds. The number of unbranched alkanes of at least 4 members (excludes halogenated alkanes) is 11. The van der Waals surface area contributed by atoms with Gasteiger partial charge < -0.3 is 34.3 Å². The lowest BCUT2D eigenvalue weighted by Gasteiger charge is -2.40. The molecule has 1 heterocycles. The van der Waals surface area contributed by atoms with Gasteiger partial charge in [-0.15, -0.1) is 0 Å². The third kappa shape index (κ3) is 32.5. The van der Waals surface area contributed by atoms with Crippen LogP contribution < -0.4 is 0 Å². The summed E-state index contributed by atoms with van der Waals surface area (Å²) in [4.78, 5) is 25.4. The summed E-state index contributed by atoms with van der Waals surface area (Å²) in [7, 11) is -4.62. The van der Waals surface area contributed by atoms with Crippen molar-refractivity contribution in [2.75, 3.05) is 19.0 Å². The van der Waals surface area contributed by atoms with E-state index >= 15 is 0 Å². The Bertz CT molecular complexity index is 1460. The Morgan fingerprint density at radius 2 is 1.02 bits per heavy atom. The second kappa shape index (κ2) is 38.3. The van der Waals surface area contributed by atoms with Gasteiger partial charge in [0.25, 0.3) is 10.1 Å². The second-order valence-corrected chi connectivity index (χ2v) is 17.2. The van der Waals surface area contributed by atoms with E-state index < -0.39 is 71.2 Å². The van der Waals surface area contributed by atoms with Crippen molar-refractivity contribution in [3.63, 3.8) is 0 Å². The summed E-state index contributed by atoms with van der Waals surface area (Å²) in [6.07, 6.45) is 40.6. The Morgan fingerprint density at radius 3 is 1.55 bits per heavy atom. The molecule has 0 bridgehead atoms. The van der Waals surface area contributed by atoms with Gasteiger partial charge in [0.2, 0.25) is 0 Å². The molecular weight excluding hydrogens is 813 g/mol. The van der Waals surface area contributed by atoms with E-state index in [0.29, 0.717) is 12.8 Å².